The number of nitrogens with zero attached hydrogens (tertiary/aromatic N) is 3. The molecule has 0 aliphatic carbocycles. The average Bonchev–Trinajstić information content (AvgIpc) is 3.02. The van der Waals surface area contributed by atoms with Crippen molar-refractivity contribution in [2.75, 3.05) is 5.32 Å². The molecule has 0 saturated heterocycles. The standard InChI is InChI=1S/C18H18N4OS/c1-13(24-16-9-4-3-5-10-16)18(23)20-15-8-6-7-14(11-15)17-21-19-12-22(17)2/h3-13H,1-2H3,(H,20,23). The number of thioether (sulfide) groups is 1. The van der Waals surface area contributed by atoms with E-state index in [2.05, 4.69) is 15.5 Å². The van der Waals surface area contributed by atoms with Crippen LogP contribution in [0, 0.1) is 0 Å². The Morgan fingerprint density at radius 3 is 2.67 bits per heavy atom. The van der Waals surface area contributed by atoms with Crippen molar-refractivity contribution in [3.63, 3.8) is 0 Å². The van der Waals surface area contributed by atoms with Gasteiger partial charge in [0, 0.05) is 23.2 Å². The van der Waals surface area contributed by atoms with Gasteiger partial charge in [0.15, 0.2) is 5.82 Å². The first kappa shape index (κ1) is 16.3. The van der Waals surface area contributed by atoms with Crippen molar-refractivity contribution in [2.45, 2.75) is 17.1 Å². The van der Waals surface area contributed by atoms with E-state index in [9.17, 15) is 4.79 Å². The highest BCUT2D eigenvalue weighted by atomic mass is 32.2. The van der Waals surface area contributed by atoms with Gasteiger partial charge >= 0.3 is 0 Å². The van der Waals surface area contributed by atoms with Gasteiger partial charge in [-0.1, -0.05) is 30.3 Å². The fourth-order valence-electron chi connectivity index (χ4n) is 2.28. The molecule has 0 spiro atoms. The molecule has 122 valence electrons. The molecule has 1 unspecified atom stereocenters. The maximum atomic E-state index is 12.4. The molecule has 0 radical (unpaired) electrons. The number of aryl methyl sites for hydroxylation is 1. The Kier molecular flexibility index (Phi) is 4.96. The molecule has 1 heterocycles. The van der Waals surface area contributed by atoms with Gasteiger partial charge in [-0.3, -0.25) is 4.79 Å². The third kappa shape index (κ3) is 3.83. The van der Waals surface area contributed by atoms with Gasteiger partial charge in [-0.15, -0.1) is 22.0 Å². The van der Waals surface area contributed by atoms with Crippen molar-refractivity contribution in [1.82, 2.24) is 14.8 Å². The molecule has 0 saturated carbocycles. The Hall–Kier alpha value is -2.60. The van der Waals surface area contributed by atoms with Gasteiger partial charge in [0.05, 0.1) is 5.25 Å². The first-order chi connectivity index (χ1) is 11.6. The predicted molar refractivity (Wildman–Crippen MR) is 96.8 cm³/mol. The lowest BCUT2D eigenvalue weighted by Gasteiger charge is -2.12. The summed E-state index contributed by atoms with van der Waals surface area (Å²) in [6, 6.07) is 17.5. The predicted octanol–water partition coefficient (Wildman–Crippen LogP) is 3.60. The van der Waals surface area contributed by atoms with Gasteiger partial charge in [0.2, 0.25) is 5.91 Å². The Morgan fingerprint density at radius 1 is 1.17 bits per heavy atom. The molecule has 1 N–H and O–H groups in total. The molecule has 1 amide bonds. The largest absolute Gasteiger partial charge is 0.325 e. The van der Waals surface area contributed by atoms with Gasteiger partial charge in [-0.25, -0.2) is 0 Å². The third-order valence-electron chi connectivity index (χ3n) is 3.52. The lowest BCUT2D eigenvalue weighted by molar-refractivity contribution is -0.115. The summed E-state index contributed by atoms with van der Waals surface area (Å²) in [5.41, 5.74) is 1.66. The molecule has 0 aliphatic heterocycles. The highest BCUT2D eigenvalue weighted by Gasteiger charge is 2.15. The second-order valence-corrected chi connectivity index (χ2v) is 6.82. The number of aromatic nitrogens is 3. The first-order valence-electron chi connectivity index (χ1n) is 7.60. The topological polar surface area (TPSA) is 59.8 Å². The summed E-state index contributed by atoms with van der Waals surface area (Å²) in [5.74, 6) is 0.733. The monoisotopic (exact) mass is 338 g/mol. The summed E-state index contributed by atoms with van der Waals surface area (Å²) in [6.07, 6.45) is 1.65. The Labute approximate surface area is 145 Å². The smallest absolute Gasteiger partial charge is 0.237 e. The molecule has 1 aromatic heterocycles. The van der Waals surface area contributed by atoms with E-state index in [1.54, 1.807) is 6.33 Å². The maximum absolute atomic E-state index is 12.4. The van der Waals surface area contributed by atoms with Crippen molar-refractivity contribution in [3.05, 3.63) is 60.9 Å². The minimum Gasteiger partial charge on any atom is -0.325 e. The van der Waals surface area contributed by atoms with Crippen LogP contribution in [0.15, 0.2) is 65.8 Å². The fraction of sp³-hybridized carbons (Fsp3) is 0.167. The van der Waals surface area contributed by atoms with E-state index >= 15 is 0 Å². The number of benzene rings is 2. The van der Waals surface area contributed by atoms with Crippen LogP contribution in [0.2, 0.25) is 0 Å². The van der Waals surface area contributed by atoms with E-state index in [0.29, 0.717) is 0 Å². The van der Waals surface area contributed by atoms with Crippen molar-refractivity contribution in [2.24, 2.45) is 7.05 Å². The van der Waals surface area contributed by atoms with Crippen LogP contribution in [0.4, 0.5) is 5.69 Å². The van der Waals surface area contributed by atoms with E-state index < -0.39 is 0 Å². The minimum atomic E-state index is -0.189. The average molecular weight is 338 g/mol. The lowest BCUT2D eigenvalue weighted by atomic mass is 10.2. The van der Waals surface area contributed by atoms with Gasteiger partial charge in [0.25, 0.3) is 0 Å². The maximum Gasteiger partial charge on any atom is 0.237 e. The number of amides is 1. The molecule has 3 aromatic rings. The van der Waals surface area contributed by atoms with Gasteiger partial charge in [-0.05, 0) is 31.2 Å². The highest BCUT2D eigenvalue weighted by molar-refractivity contribution is 8.00. The summed E-state index contributed by atoms with van der Waals surface area (Å²) in [5, 5.41) is 10.8. The van der Waals surface area contributed by atoms with Crippen LogP contribution in [0.5, 0.6) is 0 Å². The lowest BCUT2D eigenvalue weighted by Crippen LogP contribution is -2.22. The van der Waals surface area contributed by atoms with Gasteiger partial charge in [0.1, 0.15) is 6.33 Å². The quantitative estimate of drug-likeness (QED) is 0.722. The number of carbonyl (C=O) groups is 1. The Morgan fingerprint density at radius 2 is 1.96 bits per heavy atom. The van der Waals surface area contributed by atoms with Crippen molar-refractivity contribution in [3.8, 4) is 11.4 Å². The number of rotatable bonds is 5. The number of carbonyl (C=O) groups excluding carboxylic acids is 1. The summed E-state index contributed by atoms with van der Waals surface area (Å²) in [4.78, 5) is 13.5. The molecule has 0 fully saturated rings. The van der Waals surface area contributed by atoms with Crippen LogP contribution in [0.1, 0.15) is 6.92 Å². The SMILES string of the molecule is CC(Sc1ccccc1)C(=O)Nc1cccc(-c2nncn2C)c1. The molecular formula is C18H18N4OS. The van der Waals surface area contributed by atoms with Crippen LogP contribution in [0.3, 0.4) is 0 Å². The van der Waals surface area contributed by atoms with Crippen molar-refractivity contribution in [1.29, 1.82) is 0 Å². The molecule has 5 nitrogen and oxygen atoms in total. The normalized spacial score (nSPS) is 11.9. The Bertz CT molecular complexity index is 832. The number of hydrogen-bond donors (Lipinski definition) is 1. The first-order valence-corrected chi connectivity index (χ1v) is 8.48. The zero-order valence-electron chi connectivity index (χ0n) is 13.5. The van der Waals surface area contributed by atoms with E-state index in [-0.39, 0.29) is 11.2 Å². The molecule has 24 heavy (non-hydrogen) atoms. The summed E-state index contributed by atoms with van der Waals surface area (Å²) in [6.45, 7) is 1.90. The molecule has 0 aliphatic rings. The summed E-state index contributed by atoms with van der Waals surface area (Å²) >= 11 is 1.54. The van der Waals surface area contributed by atoms with Gasteiger partial charge in [-0.2, -0.15) is 0 Å². The van der Waals surface area contributed by atoms with Crippen molar-refractivity contribution < 1.29 is 4.79 Å². The van der Waals surface area contributed by atoms with Crippen LogP contribution in [-0.2, 0) is 11.8 Å². The van der Waals surface area contributed by atoms with Gasteiger partial charge < -0.3 is 9.88 Å². The molecule has 2 aromatic carbocycles. The van der Waals surface area contributed by atoms with E-state index in [0.717, 1.165) is 22.0 Å². The summed E-state index contributed by atoms with van der Waals surface area (Å²) in [7, 11) is 1.89. The zero-order valence-corrected chi connectivity index (χ0v) is 14.3. The molecule has 0 bridgehead atoms. The second-order valence-electron chi connectivity index (χ2n) is 5.41. The van der Waals surface area contributed by atoms with E-state index in [1.165, 1.54) is 11.8 Å². The second kappa shape index (κ2) is 7.31. The summed E-state index contributed by atoms with van der Waals surface area (Å²) < 4.78 is 1.84. The molecule has 3 rings (SSSR count). The van der Waals surface area contributed by atoms with Crippen molar-refractivity contribution >= 4 is 23.4 Å². The van der Waals surface area contributed by atoms with E-state index in [4.69, 9.17) is 0 Å². The van der Waals surface area contributed by atoms with Crippen LogP contribution < -0.4 is 5.32 Å². The third-order valence-corrected chi connectivity index (χ3v) is 4.64. The number of nitrogens with one attached hydrogen (secondary N) is 1. The number of anilines is 1. The molecular weight excluding hydrogens is 320 g/mol. The van der Waals surface area contributed by atoms with Crippen LogP contribution >= 0.6 is 11.8 Å². The Balaban J connectivity index is 1.69. The number of hydrogen-bond acceptors (Lipinski definition) is 4. The zero-order chi connectivity index (χ0) is 16.9. The van der Waals surface area contributed by atoms with Crippen LogP contribution in [-0.4, -0.2) is 25.9 Å². The highest BCUT2D eigenvalue weighted by Crippen LogP contribution is 2.25. The molecule has 1 atom stereocenters. The fourth-order valence-corrected chi connectivity index (χ4v) is 3.17. The minimum absolute atomic E-state index is 0.0287. The van der Waals surface area contributed by atoms with E-state index in [1.807, 2.05) is 73.1 Å². The van der Waals surface area contributed by atoms with Crippen LogP contribution in [0.25, 0.3) is 11.4 Å². The molecule has 6 heteroatoms.